The highest BCUT2D eigenvalue weighted by Crippen LogP contribution is 2.47. The van der Waals surface area contributed by atoms with Crippen LogP contribution >= 0.6 is 11.6 Å². The van der Waals surface area contributed by atoms with Gasteiger partial charge >= 0.3 is 6.09 Å². The Bertz CT molecular complexity index is 843. The molecule has 0 aromatic heterocycles. The van der Waals surface area contributed by atoms with Crippen molar-refractivity contribution in [2.75, 3.05) is 26.2 Å². The van der Waals surface area contributed by atoms with Crippen LogP contribution in [0.4, 0.5) is 4.79 Å². The predicted molar refractivity (Wildman–Crippen MR) is 130 cm³/mol. The number of nitrogens with zero attached hydrogens (tertiary/aromatic N) is 2. The van der Waals surface area contributed by atoms with Gasteiger partial charge < -0.3 is 15.4 Å². The van der Waals surface area contributed by atoms with Gasteiger partial charge in [-0.2, -0.15) is 0 Å². The van der Waals surface area contributed by atoms with Gasteiger partial charge in [-0.3, -0.25) is 9.69 Å². The molecule has 1 aromatic carbocycles. The Morgan fingerprint density at radius 1 is 1.15 bits per heavy atom. The van der Waals surface area contributed by atoms with Crippen LogP contribution in [0.5, 0.6) is 0 Å². The first-order chi connectivity index (χ1) is 15.7. The predicted octanol–water partition coefficient (Wildman–Crippen LogP) is 4.63. The van der Waals surface area contributed by atoms with Crippen LogP contribution in [-0.2, 0) is 16.0 Å². The van der Waals surface area contributed by atoms with Crippen molar-refractivity contribution in [3.05, 3.63) is 34.9 Å². The number of rotatable bonds is 6. The lowest BCUT2D eigenvalue weighted by molar-refractivity contribution is -0.136. The summed E-state index contributed by atoms with van der Waals surface area (Å²) in [5, 5.41) is 0.679. The van der Waals surface area contributed by atoms with Crippen molar-refractivity contribution in [1.82, 2.24) is 9.80 Å². The van der Waals surface area contributed by atoms with E-state index in [-0.39, 0.29) is 23.0 Å². The number of carbonyl (C=O) groups excluding carboxylic acids is 2. The van der Waals surface area contributed by atoms with E-state index in [0.717, 1.165) is 24.9 Å². The van der Waals surface area contributed by atoms with Gasteiger partial charge in [0.2, 0.25) is 5.91 Å². The van der Waals surface area contributed by atoms with Crippen molar-refractivity contribution >= 4 is 23.6 Å². The minimum absolute atomic E-state index is 0.0168. The Labute approximate surface area is 202 Å². The lowest BCUT2D eigenvalue weighted by Crippen LogP contribution is -2.56. The zero-order valence-corrected chi connectivity index (χ0v) is 20.8. The highest BCUT2D eigenvalue weighted by Gasteiger charge is 2.49. The number of likely N-dealkylation sites (tertiary alicyclic amines) is 1. The number of amides is 2. The van der Waals surface area contributed by atoms with E-state index in [9.17, 15) is 9.59 Å². The fraction of sp³-hybridized carbons (Fsp3) is 0.692. The summed E-state index contributed by atoms with van der Waals surface area (Å²) in [7, 11) is 0. The maximum atomic E-state index is 13.1. The normalized spacial score (nSPS) is 23.9. The fourth-order valence-corrected chi connectivity index (χ4v) is 6.14. The lowest BCUT2D eigenvalue weighted by Gasteiger charge is -2.50. The molecule has 2 heterocycles. The molecule has 0 bridgehead atoms. The first-order valence-corrected chi connectivity index (χ1v) is 12.8. The maximum Gasteiger partial charge on any atom is 0.410 e. The van der Waals surface area contributed by atoms with Crippen molar-refractivity contribution in [2.24, 2.45) is 17.1 Å². The summed E-state index contributed by atoms with van der Waals surface area (Å²) in [6.45, 7) is 6.74. The number of ether oxygens (including phenoxy) is 1. The molecule has 7 heteroatoms. The highest BCUT2D eigenvalue weighted by atomic mass is 35.5. The molecule has 3 fully saturated rings. The number of hydrogen-bond donors (Lipinski definition) is 1. The van der Waals surface area contributed by atoms with E-state index < -0.39 is 6.04 Å². The molecular formula is C26H38ClN3O3. The number of hydrogen-bond acceptors (Lipinski definition) is 4. The van der Waals surface area contributed by atoms with Gasteiger partial charge in [-0.05, 0) is 75.0 Å². The second kappa shape index (κ2) is 9.83. The third-order valence-corrected chi connectivity index (χ3v) is 8.45. The number of carbonyl (C=O) groups is 2. The Balaban J connectivity index is 1.44. The average molecular weight is 476 g/mol. The second-order valence-corrected chi connectivity index (χ2v) is 11.3. The van der Waals surface area contributed by atoms with Crippen LogP contribution in [0, 0.1) is 11.3 Å². The van der Waals surface area contributed by atoms with Crippen LogP contribution in [0.15, 0.2) is 24.3 Å². The lowest BCUT2D eigenvalue weighted by atomic mass is 9.63. The smallest absolute Gasteiger partial charge is 0.410 e. The van der Waals surface area contributed by atoms with Crippen LogP contribution in [-0.4, -0.2) is 59.6 Å². The molecule has 0 radical (unpaired) electrons. The van der Waals surface area contributed by atoms with Gasteiger partial charge in [0.15, 0.2) is 0 Å². The maximum absolute atomic E-state index is 13.1. The van der Waals surface area contributed by atoms with E-state index >= 15 is 0 Å². The van der Waals surface area contributed by atoms with E-state index in [1.54, 1.807) is 0 Å². The molecule has 4 rings (SSSR count). The molecule has 182 valence electrons. The van der Waals surface area contributed by atoms with E-state index in [1.165, 1.54) is 32.1 Å². The Kier molecular flexibility index (Phi) is 7.25. The highest BCUT2D eigenvalue weighted by molar-refractivity contribution is 6.30. The van der Waals surface area contributed by atoms with E-state index in [1.807, 2.05) is 34.1 Å². The Hall–Kier alpha value is -1.79. The number of halogens is 1. The fourth-order valence-electron chi connectivity index (χ4n) is 6.01. The summed E-state index contributed by atoms with van der Waals surface area (Å²) in [5.41, 5.74) is 7.09. The van der Waals surface area contributed by atoms with Gasteiger partial charge in [-0.15, -0.1) is 0 Å². The molecule has 0 unspecified atom stereocenters. The first-order valence-electron chi connectivity index (χ1n) is 12.4. The molecule has 0 spiro atoms. The Morgan fingerprint density at radius 3 is 2.36 bits per heavy atom. The van der Waals surface area contributed by atoms with E-state index in [0.29, 0.717) is 37.1 Å². The molecule has 2 amide bonds. The van der Waals surface area contributed by atoms with Crippen molar-refractivity contribution in [3.63, 3.8) is 0 Å². The van der Waals surface area contributed by atoms with E-state index in [4.69, 9.17) is 22.1 Å². The molecule has 2 aliphatic heterocycles. The summed E-state index contributed by atoms with van der Waals surface area (Å²) in [6.07, 6.45) is 8.39. The van der Waals surface area contributed by atoms with Crippen LogP contribution < -0.4 is 5.73 Å². The zero-order chi connectivity index (χ0) is 23.6. The number of benzene rings is 1. The third kappa shape index (κ3) is 5.32. The van der Waals surface area contributed by atoms with Gasteiger partial charge in [-0.25, -0.2) is 4.79 Å². The molecule has 1 aliphatic carbocycles. The van der Waals surface area contributed by atoms with Gasteiger partial charge in [-0.1, -0.05) is 43.0 Å². The molecule has 1 saturated carbocycles. The molecule has 1 aromatic rings. The molecule has 2 N–H and O–H groups in total. The second-order valence-electron chi connectivity index (χ2n) is 10.9. The van der Waals surface area contributed by atoms with Gasteiger partial charge in [0.25, 0.3) is 0 Å². The number of piperidine rings is 1. The van der Waals surface area contributed by atoms with Crippen molar-refractivity contribution in [2.45, 2.75) is 76.8 Å². The summed E-state index contributed by atoms with van der Waals surface area (Å²) < 4.78 is 5.41. The van der Waals surface area contributed by atoms with Gasteiger partial charge in [0.1, 0.15) is 6.61 Å². The van der Waals surface area contributed by atoms with Crippen molar-refractivity contribution in [3.8, 4) is 0 Å². The van der Waals surface area contributed by atoms with Crippen LogP contribution in [0.1, 0.15) is 64.4 Å². The molecule has 2 saturated heterocycles. The molecule has 3 aliphatic rings. The molecular weight excluding hydrogens is 438 g/mol. The average Bonchev–Trinajstić information content (AvgIpc) is 3.07. The third-order valence-electron chi connectivity index (χ3n) is 8.20. The molecule has 1 atom stereocenters. The largest absolute Gasteiger partial charge is 0.447 e. The number of cyclic esters (lactones) is 1. The summed E-state index contributed by atoms with van der Waals surface area (Å²) in [6, 6.07) is 6.96. The van der Waals surface area contributed by atoms with Crippen LogP contribution in [0.25, 0.3) is 0 Å². The number of nitrogens with two attached hydrogens (primary N) is 1. The van der Waals surface area contributed by atoms with E-state index in [2.05, 4.69) is 13.8 Å². The Morgan fingerprint density at radius 2 is 1.79 bits per heavy atom. The zero-order valence-electron chi connectivity index (χ0n) is 20.0. The van der Waals surface area contributed by atoms with Crippen molar-refractivity contribution in [1.29, 1.82) is 0 Å². The quantitative estimate of drug-likeness (QED) is 0.650. The van der Waals surface area contributed by atoms with Gasteiger partial charge in [0.05, 0.1) is 11.6 Å². The monoisotopic (exact) mass is 475 g/mol. The first kappa shape index (κ1) is 24.3. The van der Waals surface area contributed by atoms with Crippen molar-refractivity contribution < 1.29 is 14.3 Å². The van der Waals surface area contributed by atoms with Gasteiger partial charge in [0, 0.05) is 24.7 Å². The van der Waals surface area contributed by atoms with Crippen LogP contribution in [0.2, 0.25) is 5.02 Å². The minimum atomic E-state index is -0.555. The molecule has 33 heavy (non-hydrogen) atoms. The SMILES string of the molecule is CC1(C)COC(=O)N1CC1(C2CCCCC2)CCN(C(=O)[C@H](N)Cc2ccc(Cl)cc2)CC1. The standard InChI is InChI=1S/C26H38ClN3O3/c1-25(2)18-33-24(32)30(25)17-26(20-6-4-3-5-7-20)12-14-29(15-13-26)23(31)22(28)16-19-8-10-21(27)11-9-19/h8-11,20,22H,3-7,12-18,28H2,1-2H3/t22-/m1/s1. The van der Waals surface area contributed by atoms with Crippen LogP contribution in [0.3, 0.4) is 0 Å². The molecule has 6 nitrogen and oxygen atoms in total. The summed E-state index contributed by atoms with van der Waals surface area (Å²) in [4.78, 5) is 29.6. The summed E-state index contributed by atoms with van der Waals surface area (Å²) in [5.74, 6) is 0.610. The topological polar surface area (TPSA) is 75.9 Å². The summed E-state index contributed by atoms with van der Waals surface area (Å²) >= 11 is 5.97. The minimum Gasteiger partial charge on any atom is -0.447 e.